The molecule has 1 aliphatic heterocycles. The van der Waals surface area contributed by atoms with E-state index in [0.29, 0.717) is 0 Å². The molecule has 4 rings (SSSR count). The molecule has 1 atom stereocenters. The van der Waals surface area contributed by atoms with Gasteiger partial charge in [0.25, 0.3) is 0 Å². The maximum atomic E-state index is 12.8. The Morgan fingerprint density at radius 1 is 1.30 bits per heavy atom. The molecule has 0 aliphatic carbocycles. The third kappa shape index (κ3) is 4.04. The Kier molecular flexibility index (Phi) is 5.22. The topological polar surface area (TPSA) is 50.2 Å². The zero-order valence-electron chi connectivity index (χ0n) is 15.4. The van der Waals surface area contributed by atoms with E-state index < -0.39 is 0 Å². The summed E-state index contributed by atoms with van der Waals surface area (Å²) in [5.41, 5.74) is 3.05. The quantitative estimate of drug-likeness (QED) is 0.648. The third-order valence-corrected chi connectivity index (χ3v) is 6.81. The van der Waals surface area contributed by atoms with Crippen molar-refractivity contribution in [2.24, 2.45) is 7.05 Å². The normalized spacial score (nSPS) is 16.7. The van der Waals surface area contributed by atoms with E-state index in [4.69, 9.17) is 0 Å². The minimum atomic E-state index is -0.0327. The highest BCUT2D eigenvalue weighted by atomic mass is 32.2. The molecule has 0 bridgehead atoms. The molecule has 1 unspecified atom stereocenters. The van der Waals surface area contributed by atoms with E-state index in [0.717, 1.165) is 40.0 Å². The molecule has 3 heterocycles. The molecule has 3 aromatic rings. The molecule has 0 radical (unpaired) electrons. The molecule has 2 aromatic heterocycles. The highest BCUT2D eigenvalue weighted by Gasteiger charge is 2.31. The van der Waals surface area contributed by atoms with E-state index in [-0.39, 0.29) is 12.1 Å². The first kappa shape index (κ1) is 18.1. The highest BCUT2D eigenvalue weighted by Crippen LogP contribution is 2.33. The lowest BCUT2D eigenvalue weighted by atomic mass is 10.1. The highest BCUT2D eigenvalue weighted by molar-refractivity contribution is 8.01. The van der Waals surface area contributed by atoms with Crippen LogP contribution in [0.2, 0.25) is 0 Å². The van der Waals surface area contributed by atoms with Crippen LogP contribution in [0.25, 0.3) is 0 Å². The van der Waals surface area contributed by atoms with Gasteiger partial charge < -0.3 is 14.8 Å². The second kappa shape index (κ2) is 7.78. The van der Waals surface area contributed by atoms with Crippen LogP contribution in [0.5, 0.6) is 0 Å². The summed E-state index contributed by atoms with van der Waals surface area (Å²) in [6.07, 6.45) is 4.07. The number of hydrogen-bond donors (Lipinski definition) is 1. The number of carbonyl (C=O) groups is 1. The van der Waals surface area contributed by atoms with Crippen molar-refractivity contribution in [3.8, 4) is 0 Å². The van der Waals surface area contributed by atoms with Crippen molar-refractivity contribution in [2.45, 2.75) is 35.0 Å². The standard InChI is InChI=1S/C20H22N4OS2/c1-14-13-26-20(21-14)27-16-9-7-15(8-10-16)22-19(25)24-12-4-6-18(24)17-5-3-11-23(17)2/h3,5,7-11,13,18H,4,6,12H2,1-2H3,(H,22,25). The minimum absolute atomic E-state index is 0.0327. The Morgan fingerprint density at radius 3 is 2.78 bits per heavy atom. The van der Waals surface area contributed by atoms with Crippen LogP contribution in [0.1, 0.15) is 30.3 Å². The largest absolute Gasteiger partial charge is 0.353 e. The average Bonchev–Trinajstić information content (AvgIpc) is 3.37. The molecule has 1 N–H and O–H groups in total. The first-order chi connectivity index (χ1) is 13.1. The van der Waals surface area contributed by atoms with Gasteiger partial charge in [-0.2, -0.15) is 0 Å². The molecule has 1 aliphatic rings. The summed E-state index contributed by atoms with van der Waals surface area (Å²) < 4.78 is 3.13. The van der Waals surface area contributed by atoms with E-state index >= 15 is 0 Å². The first-order valence-electron chi connectivity index (χ1n) is 8.99. The Bertz CT molecular complexity index is 932. The number of benzene rings is 1. The number of nitrogens with zero attached hydrogens (tertiary/aromatic N) is 3. The second-order valence-corrected chi connectivity index (χ2v) is 8.89. The van der Waals surface area contributed by atoms with Crippen molar-refractivity contribution < 1.29 is 4.79 Å². The van der Waals surface area contributed by atoms with Crippen LogP contribution in [0.3, 0.4) is 0 Å². The van der Waals surface area contributed by atoms with Crippen molar-refractivity contribution in [3.05, 3.63) is 59.4 Å². The van der Waals surface area contributed by atoms with Crippen LogP contribution in [-0.4, -0.2) is 27.0 Å². The molecular weight excluding hydrogens is 376 g/mol. The fourth-order valence-electron chi connectivity index (χ4n) is 3.42. The van der Waals surface area contributed by atoms with Gasteiger partial charge in [-0.25, -0.2) is 9.78 Å². The molecule has 140 valence electrons. The van der Waals surface area contributed by atoms with Crippen molar-refractivity contribution in [1.82, 2.24) is 14.5 Å². The molecule has 5 nitrogen and oxygen atoms in total. The van der Waals surface area contributed by atoms with Gasteiger partial charge in [0.2, 0.25) is 0 Å². The zero-order valence-corrected chi connectivity index (χ0v) is 17.0. The molecule has 1 fully saturated rings. The zero-order chi connectivity index (χ0) is 18.8. The number of rotatable bonds is 4. The molecule has 0 saturated carbocycles. The summed E-state index contributed by atoms with van der Waals surface area (Å²) in [7, 11) is 2.03. The fraction of sp³-hybridized carbons (Fsp3) is 0.300. The SMILES string of the molecule is Cc1csc(Sc2ccc(NC(=O)N3CCCC3c3cccn3C)cc2)n1. The number of thiazole rings is 1. The van der Waals surface area contributed by atoms with Crippen LogP contribution >= 0.6 is 23.1 Å². The van der Waals surface area contributed by atoms with E-state index in [1.807, 2.05) is 55.4 Å². The molecule has 27 heavy (non-hydrogen) atoms. The van der Waals surface area contributed by atoms with Crippen LogP contribution < -0.4 is 5.32 Å². The monoisotopic (exact) mass is 398 g/mol. The number of carbonyl (C=O) groups excluding carboxylic acids is 1. The number of amides is 2. The van der Waals surface area contributed by atoms with Crippen LogP contribution in [0.4, 0.5) is 10.5 Å². The predicted molar refractivity (Wildman–Crippen MR) is 111 cm³/mol. The van der Waals surface area contributed by atoms with Crippen molar-refractivity contribution in [3.63, 3.8) is 0 Å². The summed E-state index contributed by atoms with van der Waals surface area (Å²) >= 11 is 3.29. The number of hydrogen-bond acceptors (Lipinski definition) is 4. The van der Waals surface area contributed by atoms with Crippen LogP contribution in [0, 0.1) is 6.92 Å². The minimum Gasteiger partial charge on any atom is -0.353 e. The summed E-state index contributed by atoms with van der Waals surface area (Å²) in [6.45, 7) is 2.79. The lowest BCUT2D eigenvalue weighted by Crippen LogP contribution is -2.35. The maximum absolute atomic E-state index is 12.8. The Balaban J connectivity index is 1.41. The van der Waals surface area contributed by atoms with Gasteiger partial charge in [0.05, 0.1) is 6.04 Å². The van der Waals surface area contributed by atoms with Crippen LogP contribution in [0.15, 0.2) is 57.2 Å². The Hall–Kier alpha value is -2.25. The van der Waals surface area contributed by atoms with Crippen molar-refractivity contribution >= 4 is 34.8 Å². The fourth-order valence-corrected chi connectivity index (χ4v) is 5.23. The van der Waals surface area contributed by atoms with Gasteiger partial charge in [-0.05, 0) is 56.2 Å². The lowest BCUT2D eigenvalue weighted by molar-refractivity contribution is 0.205. The Morgan fingerprint density at radius 2 is 2.11 bits per heavy atom. The first-order valence-corrected chi connectivity index (χ1v) is 10.7. The predicted octanol–water partition coefficient (Wildman–Crippen LogP) is 5.31. The number of likely N-dealkylation sites (tertiary alicyclic amines) is 1. The molecule has 2 amide bonds. The molecular formula is C20H22N4OS2. The molecule has 0 spiro atoms. The van der Waals surface area contributed by atoms with Gasteiger partial charge in [0, 0.05) is 47.1 Å². The van der Waals surface area contributed by atoms with Crippen molar-refractivity contribution in [2.75, 3.05) is 11.9 Å². The number of aryl methyl sites for hydroxylation is 2. The molecule has 7 heteroatoms. The average molecular weight is 399 g/mol. The lowest BCUT2D eigenvalue weighted by Gasteiger charge is -2.25. The van der Waals surface area contributed by atoms with E-state index in [1.165, 1.54) is 5.69 Å². The van der Waals surface area contributed by atoms with Gasteiger partial charge in [-0.3, -0.25) is 0 Å². The summed E-state index contributed by atoms with van der Waals surface area (Å²) in [5.74, 6) is 0. The molecule has 1 saturated heterocycles. The Labute approximate surface area is 167 Å². The maximum Gasteiger partial charge on any atom is 0.322 e. The second-order valence-electron chi connectivity index (χ2n) is 6.71. The molecule has 1 aromatic carbocycles. The van der Waals surface area contributed by atoms with E-state index in [9.17, 15) is 4.79 Å². The van der Waals surface area contributed by atoms with Gasteiger partial charge in [-0.1, -0.05) is 11.8 Å². The van der Waals surface area contributed by atoms with Crippen LogP contribution in [-0.2, 0) is 7.05 Å². The van der Waals surface area contributed by atoms with Gasteiger partial charge >= 0.3 is 6.03 Å². The smallest absolute Gasteiger partial charge is 0.322 e. The van der Waals surface area contributed by atoms with Gasteiger partial charge in [-0.15, -0.1) is 11.3 Å². The van der Waals surface area contributed by atoms with E-state index in [1.54, 1.807) is 23.1 Å². The number of anilines is 1. The number of nitrogens with one attached hydrogen (secondary N) is 1. The van der Waals surface area contributed by atoms with Gasteiger partial charge in [0.15, 0.2) is 4.34 Å². The number of urea groups is 1. The summed E-state index contributed by atoms with van der Waals surface area (Å²) in [6, 6.07) is 12.2. The van der Waals surface area contributed by atoms with Gasteiger partial charge in [0.1, 0.15) is 0 Å². The van der Waals surface area contributed by atoms with Crippen molar-refractivity contribution in [1.29, 1.82) is 0 Å². The summed E-state index contributed by atoms with van der Waals surface area (Å²) in [5, 5.41) is 5.10. The summed E-state index contributed by atoms with van der Waals surface area (Å²) in [4.78, 5) is 20.3. The van der Waals surface area contributed by atoms with E-state index in [2.05, 4.69) is 26.3 Å². The number of aromatic nitrogens is 2. The third-order valence-electron chi connectivity index (χ3n) is 4.75.